The second-order valence-electron chi connectivity index (χ2n) is 11.3. The minimum Gasteiger partial charge on any atom is -0.361 e. The van der Waals surface area contributed by atoms with Crippen molar-refractivity contribution in [2.24, 2.45) is 0 Å². The van der Waals surface area contributed by atoms with Crippen molar-refractivity contribution < 1.29 is 30.5 Å². The molecule has 2 fully saturated rings. The zero-order valence-electron chi connectivity index (χ0n) is 25.0. The molecule has 0 radical (unpaired) electrons. The highest BCUT2D eigenvalue weighted by molar-refractivity contribution is 7.90. The van der Waals surface area contributed by atoms with Gasteiger partial charge in [-0.2, -0.15) is 13.2 Å². The second-order valence-corrected chi connectivity index (χ2v) is 13.1. The Hall–Kier alpha value is -4.37. The van der Waals surface area contributed by atoms with Gasteiger partial charge in [0.15, 0.2) is 5.65 Å². The fourth-order valence-corrected chi connectivity index (χ4v) is 6.85. The van der Waals surface area contributed by atoms with Crippen molar-refractivity contribution in [2.75, 3.05) is 18.4 Å². The Morgan fingerprint density at radius 1 is 1.02 bits per heavy atom. The molecule has 0 bridgehead atoms. The predicted molar refractivity (Wildman–Crippen MR) is 163 cm³/mol. The highest BCUT2D eigenvalue weighted by Gasteiger charge is 2.37. The second kappa shape index (κ2) is 12.4. The summed E-state index contributed by atoms with van der Waals surface area (Å²) >= 11 is 0. The van der Waals surface area contributed by atoms with Gasteiger partial charge in [-0.25, -0.2) is 31.7 Å². The van der Waals surface area contributed by atoms with E-state index in [4.69, 9.17) is 4.52 Å². The highest BCUT2D eigenvalue weighted by Crippen LogP contribution is 2.41. The van der Waals surface area contributed by atoms with E-state index in [1.165, 1.54) is 12.1 Å². The van der Waals surface area contributed by atoms with Crippen LogP contribution in [0.5, 0.6) is 0 Å². The van der Waals surface area contributed by atoms with E-state index in [-0.39, 0.29) is 33.5 Å². The minimum absolute atomic E-state index is 0.0403. The van der Waals surface area contributed by atoms with Crippen molar-refractivity contribution >= 4 is 27.0 Å². The summed E-state index contributed by atoms with van der Waals surface area (Å²) in [6.07, 6.45) is 0.289. The molecule has 1 saturated carbocycles. The van der Waals surface area contributed by atoms with Gasteiger partial charge in [0, 0.05) is 42.5 Å². The molecular formula is C31H31F4N7O3S. The van der Waals surface area contributed by atoms with E-state index in [1.54, 1.807) is 44.2 Å². The SMILES string of the molecule is Cc1noc(C)c1-c1ccc2c(-c3nc(NC4CCCC4)ncc3C(F)(F)F)cn(S(=O)(=O)c3ccccc3)c2n1.FC1CNC1. The lowest BCUT2D eigenvalue weighted by Crippen LogP contribution is -2.43. The van der Waals surface area contributed by atoms with Crippen LogP contribution in [0.2, 0.25) is 0 Å². The van der Waals surface area contributed by atoms with Crippen LogP contribution in [0.3, 0.4) is 0 Å². The van der Waals surface area contributed by atoms with E-state index < -0.39 is 33.6 Å². The normalized spacial score (nSPS) is 15.9. The number of halogens is 4. The van der Waals surface area contributed by atoms with Crippen molar-refractivity contribution in [3.63, 3.8) is 0 Å². The van der Waals surface area contributed by atoms with E-state index >= 15 is 0 Å². The number of pyridine rings is 1. The number of fused-ring (bicyclic) bond motifs is 1. The van der Waals surface area contributed by atoms with Crippen LogP contribution < -0.4 is 10.6 Å². The summed E-state index contributed by atoms with van der Waals surface area (Å²) in [7, 11) is -4.26. The molecule has 5 aromatic rings. The van der Waals surface area contributed by atoms with Gasteiger partial charge in [-0.3, -0.25) is 0 Å². The molecule has 1 aromatic carbocycles. The molecular weight excluding hydrogens is 626 g/mol. The van der Waals surface area contributed by atoms with Crippen molar-refractivity contribution in [2.45, 2.75) is 62.8 Å². The average Bonchev–Trinajstić information content (AvgIpc) is 3.75. The number of aryl methyl sites for hydroxylation is 2. The number of aromatic nitrogens is 5. The topological polar surface area (TPSA) is 128 Å². The van der Waals surface area contributed by atoms with Crippen LogP contribution in [0, 0.1) is 13.8 Å². The van der Waals surface area contributed by atoms with E-state index in [2.05, 4.69) is 30.7 Å². The third-order valence-corrected chi connectivity index (χ3v) is 9.64. The maximum atomic E-state index is 14.3. The van der Waals surface area contributed by atoms with Gasteiger partial charge in [0.1, 0.15) is 17.5 Å². The Bertz CT molecular complexity index is 1950. The predicted octanol–water partition coefficient (Wildman–Crippen LogP) is 6.30. The molecule has 0 atom stereocenters. The van der Waals surface area contributed by atoms with Gasteiger partial charge in [0.2, 0.25) is 5.95 Å². The van der Waals surface area contributed by atoms with Gasteiger partial charge in [-0.05, 0) is 51.0 Å². The molecule has 2 N–H and O–H groups in total. The first-order valence-electron chi connectivity index (χ1n) is 14.8. The summed E-state index contributed by atoms with van der Waals surface area (Å²) in [5.41, 5.74) is -0.145. The summed E-state index contributed by atoms with van der Waals surface area (Å²) in [6, 6.07) is 10.8. The number of hydrogen-bond donors (Lipinski definition) is 2. The van der Waals surface area contributed by atoms with Crippen LogP contribution in [0.15, 0.2) is 64.3 Å². The average molecular weight is 658 g/mol. The summed E-state index contributed by atoms with van der Waals surface area (Å²) in [5, 5.41) is 10.0. The van der Waals surface area contributed by atoms with Gasteiger partial charge in [-0.15, -0.1) is 0 Å². The number of rotatable bonds is 6. The van der Waals surface area contributed by atoms with Gasteiger partial charge < -0.3 is 15.2 Å². The zero-order valence-corrected chi connectivity index (χ0v) is 25.8. The number of anilines is 1. The quantitative estimate of drug-likeness (QED) is 0.202. The summed E-state index contributed by atoms with van der Waals surface area (Å²) in [5.74, 6) is 0.517. The molecule has 242 valence electrons. The van der Waals surface area contributed by atoms with Crippen LogP contribution in [0.25, 0.3) is 33.5 Å². The fraction of sp³-hybridized carbons (Fsp3) is 0.355. The largest absolute Gasteiger partial charge is 0.419 e. The molecule has 15 heteroatoms. The zero-order chi connectivity index (χ0) is 32.6. The van der Waals surface area contributed by atoms with E-state index in [9.17, 15) is 26.0 Å². The summed E-state index contributed by atoms with van der Waals surface area (Å²) < 4.78 is 88.0. The molecule has 1 saturated heterocycles. The molecule has 0 amide bonds. The van der Waals surface area contributed by atoms with Crippen LogP contribution >= 0.6 is 0 Å². The third-order valence-electron chi connectivity index (χ3n) is 7.98. The Morgan fingerprint density at radius 3 is 2.30 bits per heavy atom. The Balaban J connectivity index is 0.000000679. The van der Waals surface area contributed by atoms with Crippen molar-refractivity contribution in [3.05, 3.63) is 71.9 Å². The monoisotopic (exact) mass is 657 g/mol. The van der Waals surface area contributed by atoms with E-state index in [0.717, 1.165) is 42.0 Å². The molecule has 0 spiro atoms. The number of benzene rings is 1. The number of nitrogens with zero attached hydrogens (tertiary/aromatic N) is 5. The smallest absolute Gasteiger partial charge is 0.361 e. The molecule has 10 nitrogen and oxygen atoms in total. The maximum absolute atomic E-state index is 14.3. The molecule has 2 aliphatic rings. The van der Waals surface area contributed by atoms with E-state index in [1.807, 2.05) is 0 Å². The lowest BCUT2D eigenvalue weighted by molar-refractivity contribution is -0.137. The number of hydrogen-bond acceptors (Lipinski definition) is 9. The molecule has 0 unspecified atom stereocenters. The van der Waals surface area contributed by atoms with Crippen molar-refractivity contribution in [1.29, 1.82) is 0 Å². The minimum atomic E-state index is -4.79. The van der Waals surface area contributed by atoms with Gasteiger partial charge in [0.05, 0.1) is 27.5 Å². The lowest BCUT2D eigenvalue weighted by atomic mass is 10.1. The number of nitrogens with one attached hydrogen (secondary N) is 2. The number of alkyl halides is 4. The molecule has 5 heterocycles. The molecule has 4 aromatic heterocycles. The van der Waals surface area contributed by atoms with Gasteiger partial charge >= 0.3 is 6.18 Å². The van der Waals surface area contributed by atoms with Crippen LogP contribution in [-0.2, 0) is 16.2 Å². The van der Waals surface area contributed by atoms with Gasteiger partial charge in [-0.1, -0.05) is 36.2 Å². The maximum Gasteiger partial charge on any atom is 0.419 e. The Labute approximate surface area is 262 Å². The molecule has 1 aliphatic heterocycles. The summed E-state index contributed by atoms with van der Waals surface area (Å²) in [6.45, 7) is 4.56. The first-order chi connectivity index (χ1) is 21.9. The first-order valence-corrected chi connectivity index (χ1v) is 16.2. The first kappa shape index (κ1) is 31.6. The van der Waals surface area contributed by atoms with Crippen LogP contribution in [0.4, 0.5) is 23.5 Å². The van der Waals surface area contributed by atoms with Crippen LogP contribution in [0.1, 0.15) is 42.7 Å². The molecule has 46 heavy (non-hydrogen) atoms. The Morgan fingerprint density at radius 2 is 1.72 bits per heavy atom. The summed E-state index contributed by atoms with van der Waals surface area (Å²) in [4.78, 5) is 12.8. The fourth-order valence-electron chi connectivity index (χ4n) is 5.51. The highest BCUT2D eigenvalue weighted by atomic mass is 32.2. The van der Waals surface area contributed by atoms with E-state index in [0.29, 0.717) is 35.8 Å². The van der Waals surface area contributed by atoms with Crippen LogP contribution in [-0.4, -0.2) is 57.8 Å². The van der Waals surface area contributed by atoms with Crippen molar-refractivity contribution in [3.8, 4) is 22.5 Å². The van der Waals surface area contributed by atoms with Crippen molar-refractivity contribution in [1.82, 2.24) is 29.4 Å². The molecule has 1 aliphatic carbocycles. The lowest BCUT2D eigenvalue weighted by Gasteiger charge is -2.17. The molecule has 7 rings (SSSR count). The third kappa shape index (κ3) is 6.20. The van der Waals surface area contributed by atoms with Gasteiger partial charge in [0.25, 0.3) is 10.0 Å². The Kier molecular flexibility index (Phi) is 8.55. The standard InChI is InChI=1S/C28H25F3N6O3S.C3H6FN/c1-16-24(17(2)40-36-16)23-13-12-20-21(15-37(26(20)34-23)41(38,39)19-10-4-3-5-11-19)25-22(28(29,30)31)14-32-27(35-25)33-18-8-6-7-9-18;4-3-1-5-2-3/h3-5,10-15,18H,6-9H2,1-2H3,(H,32,33,35);3,5H,1-2H2.